The highest BCUT2D eigenvalue weighted by molar-refractivity contribution is 6.18. The quantitative estimate of drug-likeness (QED) is 0.637. The summed E-state index contributed by atoms with van der Waals surface area (Å²) in [5, 5.41) is 0. The van der Waals surface area contributed by atoms with Crippen LogP contribution in [0.2, 0.25) is 0 Å². The Balaban J connectivity index is 2.56. The Hall–Kier alpha value is -0.560. The number of rotatable bonds is 6. The molecule has 2 heteroatoms. The van der Waals surface area contributed by atoms with E-state index in [0.717, 1.165) is 18.4 Å². The molecule has 0 aromatic heterocycles. The fourth-order valence-corrected chi connectivity index (χ4v) is 2.17. The van der Waals surface area contributed by atoms with Crippen molar-refractivity contribution in [3.05, 3.63) is 35.6 Å². The van der Waals surface area contributed by atoms with E-state index in [1.54, 1.807) is 12.1 Å². The molecule has 0 spiro atoms. The molecule has 0 fully saturated rings. The van der Waals surface area contributed by atoms with Crippen molar-refractivity contribution < 1.29 is 4.39 Å². The summed E-state index contributed by atoms with van der Waals surface area (Å²) in [4.78, 5) is 0. The van der Waals surface area contributed by atoms with Gasteiger partial charge in [0.25, 0.3) is 0 Å². The van der Waals surface area contributed by atoms with Gasteiger partial charge in [-0.1, -0.05) is 32.4 Å². The van der Waals surface area contributed by atoms with E-state index in [1.165, 1.54) is 12.5 Å². The SMILES string of the molecule is CCC(C)CC(CCl)Cc1cccc(F)c1. The Bertz CT molecular complexity index is 311. The first-order chi connectivity index (χ1) is 7.65. The highest BCUT2D eigenvalue weighted by Crippen LogP contribution is 2.21. The van der Waals surface area contributed by atoms with E-state index in [9.17, 15) is 4.39 Å². The molecule has 0 saturated carbocycles. The predicted molar refractivity (Wildman–Crippen MR) is 68.4 cm³/mol. The highest BCUT2D eigenvalue weighted by Gasteiger charge is 2.12. The van der Waals surface area contributed by atoms with Crippen LogP contribution in [0.4, 0.5) is 4.39 Å². The molecule has 0 aliphatic rings. The van der Waals surface area contributed by atoms with Gasteiger partial charge in [0.1, 0.15) is 5.82 Å². The minimum absolute atomic E-state index is 0.158. The number of halogens is 2. The predicted octanol–water partition coefficient (Wildman–Crippen LogP) is 4.66. The Morgan fingerprint density at radius 1 is 1.38 bits per heavy atom. The standard InChI is InChI=1S/C14H20ClF/c1-3-11(2)7-13(10-15)8-12-5-4-6-14(16)9-12/h4-6,9,11,13H,3,7-8,10H2,1-2H3. The molecule has 0 nitrogen and oxygen atoms in total. The summed E-state index contributed by atoms with van der Waals surface area (Å²) in [7, 11) is 0. The van der Waals surface area contributed by atoms with Crippen molar-refractivity contribution in [1.29, 1.82) is 0 Å². The lowest BCUT2D eigenvalue weighted by Crippen LogP contribution is -2.11. The van der Waals surface area contributed by atoms with Gasteiger partial charge in [0.15, 0.2) is 0 Å². The van der Waals surface area contributed by atoms with Crippen LogP contribution >= 0.6 is 11.6 Å². The van der Waals surface area contributed by atoms with Crippen LogP contribution in [0, 0.1) is 17.7 Å². The summed E-state index contributed by atoms with van der Waals surface area (Å²) in [6.45, 7) is 4.43. The molecule has 16 heavy (non-hydrogen) atoms. The van der Waals surface area contributed by atoms with Crippen LogP contribution in [0.5, 0.6) is 0 Å². The molecule has 0 saturated heterocycles. The molecule has 0 aliphatic heterocycles. The van der Waals surface area contributed by atoms with Crippen molar-refractivity contribution in [2.75, 3.05) is 5.88 Å². The second kappa shape index (κ2) is 6.90. The number of alkyl halides is 1. The molecule has 0 amide bonds. The van der Waals surface area contributed by atoms with Gasteiger partial charge in [-0.3, -0.25) is 0 Å². The van der Waals surface area contributed by atoms with Gasteiger partial charge in [0.05, 0.1) is 0 Å². The highest BCUT2D eigenvalue weighted by atomic mass is 35.5. The number of hydrogen-bond acceptors (Lipinski definition) is 0. The summed E-state index contributed by atoms with van der Waals surface area (Å²) < 4.78 is 13.0. The maximum absolute atomic E-state index is 13.0. The van der Waals surface area contributed by atoms with Gasteiger partial charge in [-0.2, -0.15) is 0 Å². The van der Waals surface area contributed by atoms with Crippen LogP contribution in [0.15, 0.2) is 24.3 Å². The first-order valence-electron chi connectivity index (χ1n) is 5.96. The molecule has 2 atom stereocenters. The number of hydrogen-bond donors (Lipinski definition) is 0. The molecule has 1 aromatic rings. The third-order valence-electron chi connectivity index (χ3n) is 3.06. The van der Waals surface area contributed by atoms with Gasteiger partial charge >= 0.3 is 0 Å². The maximum Gasteiger partial charge on any atom is 0.123 e. The molecule has 2 unspecified atom stereocenters. The Morgan fingerprint density at radius 2 is 2.12 bits per heavy atom. The first-order valence-corrected chi connectivity index (χ1v) is 6.49. The second-order valence-electron chi connectivity index (χ2n) is 4.60. The molecule has 90 valence electrons. The van der Waals surface area contributed by atoms with E-state index < -0.39 is 0 Å². The van der Waals surface area contributed by atoms with Crippen LogP contribution in [-0.2, 0) is 6.42 Å². The normalized spacial score (nSPS) is 14.8. The van der Waals surface area contributed by atoms with Gasteiger partial charge in [-0.25, -0.2) is 4.39 Å². The summed E-state index contributed by atoms with van der Waals surface area (Å²) in [6, 6.07) is 6.82. The van der Waals surface area contributed by atoms with Crippen LogP contribution in [-0.4, -0.2) is 5.88 Å². The molecular weight excluding hydrogens is 223 g/mol. The van der Waals surface area contributed by atoms with Crippen LogP contribution in [0.25, 0.3) is 0 Å². The van der Waals surface area contributed by atoms with Crippen molar-refractivity contribution in [3.63, 3.8) is 0 Å². The lowest BCUT2D eigenvalue weighted by molar-refractivity contribution is 0.407. The fourth-order valence-electron chi connectivity index (χ4n) is 1.93. The van der Waals surface area contributed by atoms with Crippen molar-refractivity contribution in [2.45, 2.75) is 33.1 Å². The molecule has 0 radical (unpaired) electrons. The zero-order valence-corrected chi connectivity index (χ0v) is 10.8. The molecule has 0 N–H and O–H groups in total. The summed E-state index contributed by atoms with van der Waals surface area (Å²) >= 11 is 5.96. The average molecular weight is 243 g/mol. The Labute approximate surface area is 103 Å². The topological polar surface area (TPSA) is 0 Å². The van der Waals surface area contributed by atoms with Crippen molar-refractivity contribution in [3.8, 4) is 0 Å². The molecule has 0 heterocycles. The molecule has 1 rings (SSSR count). The van der Waals surface area contributed by atoms with Crippen LogP contribution < -0.4 is 0 Å². The zero-order valence-electron chi connectivity index (χ0n) is 10.0. The van der Waals surface area contributed by atoms with Gasteiger partial charge in [0, 0.05) is 5.88 Å². The fraction of sp³-hybridized carbons (Fsp3) is 0.571. The molecule has 1 aromatic carbocycles. The number of benzene rings is 1. The Kier molecular flexibility index (Phi) is 5.83. The van der Waals surface area contributed by atoms with E-state index in [0.29, 0.717) is 17.7 Å². The molecular formula is C14H20ClF. The third-order valence-corrected chi connectivity index (χ3v) is 3.50. The van der Waals surface area contributed by atoms with Crippen LogP contribution in [0.3, 0.4) is 0 Å². The van der Waals surface area contributed by atoms with Crippen molar-refractivity contribution >= 4 is 11.6 Å². The largest absolute Gasteiger partial charge is 0.207 e. The van der Waals surface area contributed by atoms with Gasteiger partial charge in [0.2, 0.25) is 0 Å². The molecule has 0 aliphatic carbocycles. The average Bonchev–Trinajstić information content (AvgIpc) is 2.28. The van der Waals surface area contributed by atoms with E-state index in [2.05, 4.69) is 13.8 Å². The first kappa shape index (κ1) is 13.5. The lowest BCUT2D eigenvalue weighted by Gasteiger charge is -2.17. The van der Waals surface area contributed by atoms with Crippen molar-refractivity contribution in [1.82, 2.24) is 0 Å². The zero-order chi connectivity index (χ0) is 12.0. The molecule has 0 bridgehead atoms. The van der Waals surface area contributed by atoms with E-state index in [4.69, 9.17) is 11.6 Å². The van der Waals surface area contributed by atoms with E-state index in [1.807, 2.05) is 6.07 Å². The van der Waals surface area contributed by atoms with E-state index in [-0.39, 0.29) is 5.82 Å². The van der Waals surface area contributed by atoms with Gasteiger partial charge in [-0.05, 0) is 42.4 Å². The van der Waals surface area contributed by atoms with Gasteiger partial charge < -0.3 is 0 Å². The smallest absolute Gasteiger partial charge is 0.123 e. The van der Waals surface area contributed by atoms with Crippen LogP contribution in [0.1, 0.15) is 32.3 Å². The monoisotopic (exact) mass is 242 g/mol. The third kappa shape index (κ3) is 4.52. The van der Waals surface area contributed by atoms with Gasteiger partial charge in [-0.15, -0.1) is 11.6 Å². The minimum atomic E-state index is -0.158. The summed E-state index contributed by atoms with van der Waals surface area (Å²) in [6.07, 6.45) is 3.18. The second-order valence-corrected chi connectivity index (χ2v) is 4.91. The minimum Gasteiger partial charge on any atom is -0.207 e. The summed E-state index contributed by atoms with van der Waals surface area (Å²) in [5.74, 6) is 1.64. The maximum atomic E-state index is 13.0. The Morgan fingerprint density at radius 3 is 2.69 bits per heavy atom. The lowest BCUT2D eigenvalue weighted by atomic mass is 9.90. The summed E-state index contributed by atoms with van der Waals surface area (Å²) in [5.41, 5.74) is 1.05. The van der Waals surface area contributed by atoms with E-state index >= 15 is 0 Å². The van der Waals surface area contributed by atoms with Crippen molar-refractivity contribution in [2.24, 2.45) is 11.8 Å².